The number of para-hydroxylation sites is 6. The number of hydrogen-bond acceptors (Lipinski definition) is 6. The largest absolute Gasteiger partial charge is 0.458 e. The van der Waals surface area contributed by atoms with Gasteiger partial charge in [0.05, 0.1) is 11.4 Å². The fourth-order valence-corrected chi connectivity index (χ4v) is 16.8. The Labute approximate surface area is 576 Å². The monoisotopic (exact) mass is 1270 g/mol. The molecule has 4 aliphatic rings. The molecule has 458 valence electrons. The molecule has 0 aromatic heterocycles. The van der Waals surface area contributed by atoms with E-state index in [1.165, 1.54) is 42.8 Å². The van der Waals surface area contributed by atoms with Crippen molar-refractivity contribution in [1.82, 2.24) is 0 Å². The lowest BCUT2D eigenvalue weighted by atomic mass is 9.31. The summed E-state index contributed by atoms with van der Waals surface area (Å²) >= 11 is 1.90. The van der Waals surface area contributed by atoms with Gasteiger partial charge in [-0.2, -0.15) is 0 Å². The summed E-state index contributed by atoms with van der Waals surface area (Å²) in [5.41, 5.74) is 29.4. The molecule has 15 aromatic rings. The summed E-state index contributed by atoms with van der Waals surface area (Å²) in [4.78, 5) is 12.4. The Balaban J connectivity index is 0.894. The summed E-state index contributed by atoms with van der Waals surface area (Å²) in [7, 11) is 0. The van der Waals surface area contributed by atoms with Crippen LogP contribution in [0.4, 0.5) is 68.2 Å². The van der Waals surface area contributed by atoms with Gasteiger partial charge in [-0.25, -0.2) is 0 Å². The number of anilines is 12. The van der Waals surface area contributed by atoms with Crippen molar-refractivity contribution in [2.75, 3.05) is 19.6 Å². The van der Waals surface area contributed by atoms with E-state index >= 15 is 0 Å². The molecule has 0 N–H and O–H groups in total. The highest BCUT2D eigenvalue weighted by Gasteiger charge is 2.47. The highest BCUT2D eigenvalue weighted by atomic mass is 32.2. The maximum absolute atomic E-state index is 7.52. The number of ether oxygens (including phenoxy) is 1. The van der Waals surface area contributed by atoms with E-state index in [1.54, 1.807) is 0 Å². The van der Waals surface area contributed by atoms with E-state index in [1.807, 2.05) is 11.8 Å². The van der Waals surface area contributed by atoms with Gasteiger partial charge < -0.3 is 24.3 Å². The standard InChI is InChI=1S/C90H60B2N4OS/c1-8-27-61(28-9-1)63-47-51-70(52-48-63)94(71-53-49-64(50-54-71)62-29-10-2-11-30-62)72-55-82-88-85(57-72)97-84-46-25-23-44-77(84)92(88)78-59-79-86(60-81(78)96(82)90-74(65-31-12-3-13-32-65)41-26-42-75(90)66-33-14-4-15-34-66)98-87-58-73(93(67-35-16-5-17-36-67)68-37-18-6-19-38-68)56-83-89(87)91(79)76-43-22-24-45-80(76)95(83)69-39-20-7-21-40-69/h1-60H. The third kappa shape index (κ3) is 9.66. The van der Waals surface area contributed by atoms with Crippen LogP contribution in [0.25, 0.3) is 44.5 Å². The molecule has 0 atom stereocenters. The summed E-state index contributed by atoms with van der Waals surface area (Å²) in [6, 6.07) is 133. The first-order valence-corrected chi connectivity index (χ1v) is 34.4. The van der Waals surface area contributed by atoms with Crippen molar-refractivity contribution in [3.05, 3.63) is 364 Å². The van der Waals surface area contributed by atoms with Crippen molar-refractivity contribution >= 4 is 126 Å². The zero-order valence-corrected chi connectivity index (χ0v) is 54.2. The van der Waals surface area contributed by atoms with Crippen LogP contribution < -0.4 is 57.1 Å². The smallest absolute Gasteiger partial charge is 0.256 e. The highest BCUT2D eigenvalue weighted by Crippen LogP contribution is 2.53. The first kappa shape index (κ1) is 57.2. The maximum Gasteiger partial charge on any atom is 0.256 e. The fraction of sp³-hybridized carbons (Fsp3) is 0. The Morgan fingerprint density at radius 1 is 0.255 bits per heavy atom. The molecule has 4 heterocycles. The number of fused-ring (bicyclic) bond motifs is 8. The van der Waals surface area contributed by atoms with Gasteiger partial charge >= 0.3 is 0 Å². The van der Waals surface area contributed by atoms with Gasteiger partial charge in [0.25, 0.3) is 6.71 Å². The molecule has 98 heavy (non-hydrogen) atoms. The number of rotatable bonds is 12. The second kappa shape index (κ2) is 23.9. The van der Waals surface area contributed by atoms with E-state index in [2.05, 4.69) is 384 Å². The predicted octanol–water partition coefficient (Wildman–Crippen LogP) is 20.5. The van der Waals surface area contributed by atoms with Crippen molar-refractivity contribution in [2.45, 2.75) is 9.79 Å². The minimum Gasteiger partial charge on any atom is -0.458 e. The topological polar surface area (TPSA) is 22.2 Å². The van der Waals surface area contributed by atoms with Crippen LogP contribution in [0, 0.1) is 0 Å². The predicted molar refractivity (Wildman–Crippen MR) is 413 cm³/mol. The zero-order valence-electron chi connectivity index (χ0n) is 53.4. The van der Waals surface area contributed by atoms with Gasteiger partial charge in [0.1, 0.15) is 11.5 Å². The van der Waals surface area contributed by atoms with E-state index in [-0.39, 0.29) is 13.4 Å². The molecule has 0 bridgehead atoms. The summed E-state index contributed by atoms with van der Waals surface area (Å²) < 4.78 is 7.52. The van der Waals surface area contributed by atoms with Gasteiger partial charge in [-0.05, 0) is 158 Å². The SMILES string of the molecule is c1ccc(-c2ccc(N(c3ccc(-c4ccccc4)cc3)c3cc4c5c(c3)N(c3c(-c6ccccc6)cccc3-c3ccccc3)c3cc6c(cc3B5c3ccccc3O4)B3c4ccccc4N(c4ccccc4)c4cc(N(c5ccccc5)c5ccccc5)cc(c43)S6)cc2)cc1. The van der Waals surface area contributed by atoms with Crippen LogP contribution >= 0.6 is 11.8 Å². The zero-order chi connectivity index (χ0) is 64.6. The molecule has 0 unspecified atom stereocenters. The molecule has 0 spiro atoms. The van der Waals surface area contributed by atoms with Gasteiger partial charge in [0.2, 0.25) is 6.71 Å². The molecule has 0 saturated heterocycles. The molecule has 0 radical (unpaired) electrons. The first-order valence-electron chi connectivity index (χ1n) is 33.6. The third-order valence-electron chi connectivity index (χ3n) is 19.9. The van der Waals surface area contributed by atoms with Crippen molar-refractivity contribution < 1.29 is 4.74 Å². The van der Waals surface area contributed by atoms with Gasteiger partial charge in [-0.1, -0.05) is 278 Å². The molecule has 0 amide bonds. The molecular formula is C90H60B2N4OS. The lowest BCUT2D eigenvalue weighted by Crippen LogP contribution is -2.63. The Bertz CT molecular complexity index is 5340. The van der Waals surface area contributed by atoms with E-state index < -0.39 is 0 Å². The van der Waals surface area contributed by atoms with Crippen molar-refractivity contribution in [1.29, 1.82) is 0 Å². The van der Waals surface area contributed by atoms with Gasteiger partial charge in [-0.3, -0.25) is 0 Å². The van der Waals surface area contributed by atoms with Crippen molar-refractivity contribution in [2.24, 2.45) is 0 Å². The van der Waals surface area contributed by atoms with E-state index in [0.717, 1.165) is 124 Å². The first-order chi connectivity index (χ1) is 48.6. The minimum absolute atomic E-state index is 0.118. The normalized spacial score (nSPS) is 12.7. The van der Waals surface area contributed by atoms with Crippen LogP contribution in [0.5, 0.6) is 11.5 Å². The maximum atomic E-state index is 7.52. The van der Waals surface area contributed by atoms with Crippen LogP contribution in [0.3, 0.4) is 0 Å². The van der Waals surface area contributed by atoms with E-state index in [4.69, 9.17) is 4.74 Å². The van der Waals surface area contributed by atoms with Crippen LogP contribution in [-0.4, -0.2) is 13.4 Å². The van der Waals surface area contributed by atoms with Crippen LogP contribution in [0.1, 0.15) is 0 Å². The third-order valence-corrected chi connectivity index (χ3v) is 21.0. The summed E-state index contributed by atoms with van der Waals surface area (Å²) in [5, 5.41) is 0. The highest BCUT2D eigenvalue weighted by molar-refractivity contribution is 8.00. The van der Waals surface area contributed by atoms with Gasteiger partial charge in [0.15, 0.2) is 0 Å². The van der Waals surface area contributed by atoms with E-state index in [9.17, 15) is 0 Å². The molecular weight excluding hydrogens is 1210 g/mol. The molecule has 0 aliphatic carbocycles. The number of hydrogen-bond donors (Lipinski definition) is 0. The average Bonchev–Trinajstić information content (AvgIpc) is 0.692. The van der Waals surface area contributed by atoms with Crippen LogP contribution in [-0.2, 0) is 0 Å². The Hall–Kier alpha value is -12.2. The molecule has 19 rings (SSSR count). The van der Waals surface area contributed by atoms with Gasteiger partial charge in [0, 0.05) is 83.9 Å². The summed E-state index contributed by atoms with van der Waals surface area (Å²) in [6.07, 6.45) is 0. The second-order valence-electron chi connectivity index (χ2n) is 25.5. The van der Waals surface area contributed by atoms with Crippen molar-refractivity contribution in [3.63, 3.8) is 0 Å². The summed E-state index contributed by atoms with van der Waals surface area (Å²) in [6.45, 7) is -0.339. The molecule has 4 aliphatic heterocycles. The Morgan fingerprint density at radius 2 is 0.694 bits per heavy atom. The fourth-order valence-electron chi connectivity index (χ4n) is 15.6. The number of nitrogens with zero attached hydrogens (tertiary/aromatic N) is 4. The van der Waals surface area contributed by atoms with Crippen LogP contribution in [0.2, 0.25) is 0 Å². The lowest BCUT2D eigenvalue weighted by Gasteiger charge is -2.44. The molecule has 8 heteroatoms. The second-order valence-corrected chi connectivity index (χ2v) is 26.6. The Morgan fingerprint density at radius 3 is 1.26 bits per heavy atom. The number of benzene rings is 15. The molecule has 0 fully saturated rings. The lowest BCUT2D eigenvalue weighted by molar-refractivity contribution is 0.487. The Kier molecular flexibility index (Phi) is 14.0. The minimum atomic E-state index is -0.221. The van der Waals surface area contributed by atoms with Crippen molar-refractivity contribution in [3.8, 4) is 56.0 Å². The van der Waals surface area contributed by atoms with E-state index in [0.29, 0.717) is 0 Å². The van der Waals surface area contributed by atoms with Gasteiger partial charge in [-0.15, -0.1) is 0 Å². The summed E-state index contributed by atoms with van der Waals surface area (Å²) in [5.74, 6) is 1.67. The van der Waals surface area contributed by atoms with Crippen LogP contribution in [0.15, 0.2) is 374 Å². The molecule has 5 nitrogen and oxygen atoms in total. The quantitative estimate of drug-likeness (QED) is 0.113. The molecule has 15 aromatic carbocycles. The average molecular weight is 1270 g/mol. The molecule has 0 saturated carbocycles.